The smallest absolute Gasteiger partial charge is 0.234 e. The summed E-state index contributed by atoms with van der Waals surface area (Å²) in [5.74, 6) is 1.04. The molecule has 0 aromatic rings. The molecule has 1 amide bonds. The van der Waals surface area contributed by atoms with E-state index in [0.717, 1.165) is 5.92 Å². The summed E-state index contributed by atoms with van der Waals surface area (Å²) in [6.45, 7) is 2.79. The molecule has 14 heavy (non-hydrogen) atoms. The lowest BCUT2D eigenvalue weighted by Crippen LogP contribution is -2.40. The van der Waals surface area contributed by atoms with E-state index >= 15 is 0 Å². The van der Waals surface area contributed by atoms with Crippen LogP contribution in [0.4, 0.5) is 0 Å². The monoisotopic (exact) mass is 196 g/mol. The molecule has 0 heterocycles. The first-order chi connectivity index (χ1) is 6.66. The van der Waals surface area contributed by atoms with Crippen LogP contribution < -0.4 is 5.32 Å². The number of hydrogen-bond donors (Lipinski definition) is 1. The molecule has 2 aliphatic carbocycles. The minimum absolute atomic E-state index is 0.197. The van der Waals surface area contributed by atoms with E-state index in [1.54, 1.807) is 0 Å². The van der Waals surface area contributed by atoms with Gasteiger partial charge in [0.2, 0.25) is 5.91 Å². The van der Waals surface area contributed by atoms with Gasteiger partial charge in [-0.15, -0.1) is 0 Å². The van der Waals surface area contributed by atoms with Crippen LogP contribution in [-0.2, 0) is 4.79 Å². The Kier molecular flexibility index (Phi) is 2.77. The van der Waals surface area contributed by atoms with Crippen molar-refractivity contribution in [1.29, 1.82) is 0 Å². The van der Waals surface area contributed by atoms with Gasteiger partial charge < -0.3 is 5.32 Å². The van der Waals surface area contributed by atoms with Crippen LogP contribution in [0.15, 0.2) is 0 Å². The third-order valence-corrected chi connectivity index (χ3v) is 3.33. The van der Waals surface area contributed by atoms with E-state index in [-0.39, 0.29) is 5.91 Å². The van der Waals surface area contributed by atoms with Gasteiger partial charge in [-0.2, -0.15) is 0 Å². The molecule has 2 saturated carbocycles. The van der Waals surface area contributed by atoms with Crippen molar-refractivity contribution in [2.24, 2.45) is 5.92 Å². The van der Waals surface area contributed by atoms with Gasteiger partial charge in [-0.3, -0.25) is 9.69 Å². The Morgan fingerprint density at radius 1 is 1.43 bits per heavy atom. The molecule has 0 unspecified atom stereocenters. The largest absolute Gasteiger partial charge is 0.352 e. The van der Waals surface area contributed by atoms with Crippen molar-refractivity contribution >= 4 is 5.91 Å². The predicted molar refractivity (Wildman–Crippen MR) is 56.0 cm³/mol. The van der Waals surface area contributed by atoms with Gasteiger partial charge in [0.1, 0.15) is 0 Å². The van der Waals surface area contributed by atoms with Gasteiger partial charge in [0.15, 0.2) is 0 Å². The Morgan fingerprint density at radius 2 is 2.07 bits per heavy atom. The molecular weight excluding hydrogens is 176 g/mol. The summed E-state index contributed by atoms with van der Waals surface area (Å²) in [5, 5.41) is 3.02. The number of carbonyl (C=O) groups is 1. The molecule has 0 aliphatic heterocycles. The number of rotatable bonds is 5. The third-order valence-electron chi connectivity index (χ3n) is 3.33. The number of carbonyl (C=O) groups excluding carboxylic acids is 1. The molecule has 0 bridgehead atoms. The van der Waals surface area contributed by atoms with E-state index in [1.165, 1.54) is 25.7 Å². The van der Waals surface area contributed by atoms with Crippen molar-refractivity contribution in [3.05, 3.63) is 0 Å². The lowest BCUT2D eigenvalue weighted by Gasteiger charge is -2.23. The number of nitrogens with zero attached hydrogens (tertiary/aromatic N) is 1. The molecule has 0 spiro atoms. The summed E-state index contributed by atoms with van der Waals surface area (Å²) in [6, 6.07) is 1.06. The molecule has 3 heteroatoms. The van der Waals surface area contributed by atoms with Crippen LogP contribution in [0.5, 0.6) is 0 Å². The van der Waals surface area contributed by atoms with Crippen molar-refractivity contribution in [1.82, 2.24) is 10.2 Å². The fourth-order valence-electron chi connectivity index (χ4n) is 1.81. The van der Waals surface area contributed by atoms with Crippen LogP contribution in [0, 0.1) is 5.92 Å². The van der Waals surface area contributed by atoms with Crippen molar-refractivity contribution in [2.45, 2.75) is 44.7 Å². The van der Waals surface area contributed by atoms with Gasteiger partial charge in [-0.25, -0.2) is 0 Å². The highest BCUT2D eigenvalue weighted by Gasteiger charge is 2.31. The Hall–Kier alpha value is -0.570. The molecule has 2 rings (SSSR count). The van der Waals surface area contributed by atoms with Gasteiger partial charge in [-0.1, -0.05) is 0 Å². The fourth-order valence-corrected chi connectivity index (χ4v) is 1.81. The zero-order valence-electron chi connectivity index (χ0n) is 9.12. The van der Waals surface area contributed by atoms with Crippen LogP contribution in [0.1, 0.15) is 32.6 Å². The van der Waals surface area contributed by atoms with E-state index in [2.05, 4.69) is 24.2 Å². The van der Waals surface area contributed by atoms with Crippen LogP contribution in [0.2, 0.25) is 0 Å². The van der Waals surface area contributed by atoms with Gasteiger partial charge in [0.25, 0.3) is 0 Å². The maximum Gasteiger partial charge on any atom is 0.234 e. The summed E-state index contributed by atoms with van der Waals surface area (Å²) in [7, 11) is 2.05. The molecule has 1 atom stereocenters. The maximum atomic E-state index is 11.5. The number of amides is 1. The minimum Gasteiger partial charge on any atom is -0.352 e. The van der Waals surface area contributed by atoms with Gasteiger partial charge in [-0.05, 0) is 45.6 Å². The summed E-state index contributed by atoms with van der Waals surface area (Å²) in [6.07, 6.45) is 5.03. The SMILES string of the molecule is C[C@@H](C1CC1)N(C)CC(=O)NC1CC1. The van der Waals surface area contributed by atoms with Crippen molar-refractivity contribution in [2.75, 3.05) is 13.6 Å². The Morgan fingerprint density at radius 3 is 2.57 bits per heavy atom. The highest BCUT2D eigenvalue weighted by atomic mass is 16.2. The summed E-state index contributed by atoms with van der Waals surface area (Å²) >= 11 is 0. The lowest BCUT2D eigenvalue weighted by molar-refractivity contribution is -0.122. The highest BCUT2D eigenvalue weighted by molar-refractivity contribution is 5.78. The first kappa shape index (κ1) is 9.97. The highest BCUT2D eigenvalue weighted by Crippen LogP contribution is 2.34. The van der Waals surface area contributed by atoms with Crippen molar-refractivity contribution in [3.8, 4) is 0 Å². The van der Waals surface area contributed by atoms with Crippen LogP contribution >= 0.6 is 0 Å². The Balaban J connectivity index is 1.68. The normalized spacial score (nSPS) is 23.6. The quantitative estimate of drug-likeness (QED) is 0.711. The fraction of sp³-hybridized carbons (Fsp3) is 0.909. The molecular formula is C11H20N2O. The zero-order chi connectivity index (χ0) is 10.1. The van der Waals surface area contributed by atoms with E-state index < -0.39 is 0 Å². The molecule has 3 nitrogen and oxygen atoms in total. The minimum atomic E-state index is 0.197. The van der Waals surface area contributed by atoms with Crippen molar-refractivity contribution in [3.63, 3.8) is 0 Å². The second kappa shape index (κ2) is 3.89. The van der Waals surface area contributed by atoms with E-state index in [4.69, 9.17) is 0 Å². The third kappa shape index (κ3) is 2.71. The van der Waals surface area contributed by atoms with Crippen LogP contribution in [0.3, 0.4) is 0 Å². The summed E-state index contributed by atoms with van der Waals surface area (Å²) in [4.78, 5) is 13.7. The predicted octanol–water partition coefficient (Wildman–Crippen LogP) is 0.995. The van der Waals surface area contributed by atoms with Crippen LogP contribution in [0.25, 0.3) is 0 Å². The maximum absolute atomic E-state index is 11.5. The molecule has 0 radical (unpaired) electrons. The molecule has 1 N–H and O–H groups in total. The van der Waals surface area contributed by atoms with Gasteiger partial charge in [0.05, 0.1) is 6.54 Å². The average Bonchev–Trinajstić information content (AvgIpc) is 2.96. The number of likely N-dealkylation sites (N-methyl/N-ethyl adjacent to an activating group) is 1. The second-order valence-electron chi connectivity index (χ2n) is 4.83. The van der Waals surface area contributed by atoms with E-state index in [0.29, 0.717) is 18.6 Å². The first-order valence-corrected chi connectivity index (χ1v) is 5.66. The number of hydrogen-bond acceptors (Lipinski definition) is 2. The molecule has 0 aromatic carbocycles. The number of nitrogens with one attached hydrogen (secondary N) is 1. The molecule has 2 aliphatic rings. The van der Waals surface area contributed by atoms with Crippen molar-refractivity contribution < 1.29 is 4.79 Å². The molecule has 80 valence electrons. The topological polar surface area (TPSA) is 32.3 Å². The Labute approximate surface area is 85.8 Å². The molecule has 0 saturated heterocycles. The lowest BCUT2D eigenvalue weighted by atomic mass is 10.2. The standard InChI is InChI=1S/C11H20N2O/c1-8(9-3-4-9)13(2)7-11(14)12-10-5-6-10/h8-10H,3-7H2,1-2H3,(H,12,14)/t8-/m0/s1. The van der Waals surface area contributed by atoms with E-state index in [9.17, 15) is 4.79 Å². The first-order valence-electron chi connectivity index (χ1n) is 5.66. The van der Waals surface area contributed by atoms with E-state index in [1.807, 2.05) is 0 Å². The summed E-state index contributed by atoms with van der Waals surface area (Å²) in [5.41, 5.74) is 0. The van der Waals surface area contributed by atoms with Gasteiger partial charge in [0, 0.05) is 12.1 Å². The molecule has 0 aromatic heterocycles. The summed E-state index contributed by atoms with van der Waals surface area (Å²) < 4.78 is 0. The molecule has 2 fully saturated rings. The zero-order valence-corrected chi connectivity index (χ0v) is 9.12. The van der Waals surface area contributed by atoms with Gasteiger partial charge >= 0.3 is 0 Å². The Bertz CT molecular complexity index is 221. The second-order valence-corrected chi connectivity index (χ2v) is 4.83. The van der Waals surface area contributed by atoms with Crippen LogP contribution in [-0.4, -0.2) is 36.5 Å². The average molecular weight is 196 g/mol.